The van der Waals surface area contributed by atoms with Crippen LogP contribution in [0.15, 0.2) is 60.9 Å². The molecule has 2 aliphatic rings. The van der Waals surface area contributed by atoms with E-state index in [1.165, 1.54) is 19.1 Å². The fourth-order valence-electron chi connectivity index (χ4n) is 6.11. The van der Waals surface area contributed by atoms with Gasteiger partial charge in [-0.05, 0) is 54.9 Å². The number of rotatable bonds is 5. The lowest BCUT2D eigenvalue weighted by Gasteiger charge is -2.25. The number of hydrogen-bond donors (Lipinski definition) is 3. The lowest BCUT2D eigenvalue weighted by atomic mass is 9.87. The maximum Gasteiger partial charge on any atom is 0.416 e. The molecule has 6 rings (SSSR count). The molecule has 0 saturated heterocycles. The van der Waals surface area contributed by atoms with Gasteiger partial charge in [0.05, 0.1) is 11.5 Å². The summed E-state index contributed by atoms with van der Waals surface area (Å²) in [6, 6.07) is 11.5. The first-order valence-electron chi connectivity index (χ1n) is 12.3. The van der Waals surface area contributed by atoms with Gasteiger partial charge in [0.15, 0.2) is 0 Å². The summed E-state index contributed by atoms with van der Waals surface area (Å²) in [6.07, 6.45) is 0.381. The molecular weight excluding hydrogens is 497 g/mol. The third-order valence-electron chi connectivity index (χ3n) is 8.18. The van der Waals surface area contributed by atoms with Crippen LogP contribution in [-0.2, 0) is 16.6 Å². The average molecular weight is 523 g/mol. The van der Waals surface area contributed by atoms with Gasteiger partial charge in [-0.2, -0.15) is 13.2 Å². The number of imidazole rings is 1. The molecule has 2 saturated carbocycles. The number of aromatic nitrogens is 3. The highest BCUT2D eigenvalue weighted by Gasteiger charge is 2.60. The van der Waals surface area contributed by atoms with Crippen molar-refractivity contribution in [3.8, 4) is 11.3 Å². The first-order valence-corrected chi connectivity index (χ1v) is 12.3. The van der Waals surface area contributed by atoms with Crippen LogP contribution in [0.4, 0.5) is 19.0 Å². The van der Waals surface area contributed by atoms with Crippen molar-refractivity contribution in [2.24, 2.45) is 17.8 Å². The van der Waals surface area contributed by atoms with Gasteiger partial charge >= 0.3 is 12.1 Å². The largest absolute Gasteiger partial charge is 0.481 e. The maximum absolute atomic E-state index is 13.2. The normalized spacial score (nSPS) is 24.2. The molecule has 38 heavy (non-hydrogen) atoms. The molecule has 4 N–H and O–H groups in total. The zero-order chi connectivity index (χ0) is 27.0. The number of carboxylic acid groups (broad SMARTS) is 1. The summed E-state index contributed by atoms with van der Waals surface area (Å²) in [4.78, 5) is 20.5. The molecule has 2 aromatic heterocycles. The quantitative estimate of drug-likeness (QED) is 0.337. The first-order chi connectivity index (χ1) is 18.0. The third kappa shape index (κ3) is 3.82. The molecule has 10 heteroatoms. The van der Waals surface area contributed by atoms with Gasteiger partial charge in [0.25, 0.3) is 0 Å². The maximum atomic E-state index is 13.2. The predicted molar refractivity (Wildman–Crippen MR) is 133 cm³/mol. The fourth-order valence-corrected chi connectivity index (χ4v) is 6.11. The predicted octanol–water partition coefficient (Wildman–Crippen LogP) is 5.08. The zero-order valence-electron chi connectivity index (χ0n) is 20.4. The summed E-state index contributed by atoms with van der Waals surface area (Å²) in [6.45, 7) is 1.46. The Balaban J connectivity index is 1.34. The Morgan fingerprint density at radius 2 is 1.71 bits per heavy atom. The van der Waals surface area contributed by atoms with Gasteiger partial charge in [-0.3, -0.25) is 9.20 Å². The molecule has 7 nitrogen and oxygen atoms in total. The minimum Gasteiger partial charge on any atom is -0.481 e. The van der Waals surface area contributed by atoms with Gasteiger partial charge in [0.2, 0.25) is 0 Å². The van der Waals surface area contributed by atoms with Gasteiger partial charge in [-0.25, -0.2) is 9.97 Å². The van der Waals surface area contributed by atoms with E-state index >= 15 is 0 Å². The van der Waals surface area contributed by atoms with Crippen LogP contribution in [0.5, 0.6) is 0 Å². The number of benzene rings is 2. The highest BCUT2D eigenvalue weighted by molar-refractivity contribution is 5.85. The fraction of sp³-hybridized carbons (Fsp3) is 0.321. The summed E-state index contributed by atoms with van der Waals surface area (Å²) < 4.78 is 41.6. The molecule has 2 fully saturated rings. The Kier molecular flexibility index (Phi) is 5.33. The molecule has 0 amide bonds. The lowest BCUT2D eigenvalue weighted by molar-refractivity contribution is -0.139. The zero-order valence-corrected chi connectivity index (χ0v) is 20.4. The number of aliphatic carboxylic acids is 1. The molecule has 0 spiro atoms. The summed E-state index contributed by atoms with van der Waals surface area (Å²) in [5, 5.41) is 20.6. The van der Waals surface area contributed by atoms with Gasteiger partial charge in [-0.1, -0.05) is 36.4 Å². The lowest BCUT2D eigenvalue weighted by Crippen LogP contribution is -2.23. The smallest absolute Gasteiger partial charge is 0.416 e. The number of hydrogen-bond acceptors (Lipinski definition) is 5. The Morgan fingerprint density at radius 3 is 2.34 bits per heavy atom. The minimum atomic E-state index is -4.52. The van der Waals surface area contributed by atoms with Gasteiger partial charge in [0, 0.05) is 23.9 Å². The molecule has 0 radical (unpaired) electrons. The summed E-state index contributed by atoms with van der Waals surface area (Å²) in [5.41, 5.74) is 6.26. The minimum absolute atomic E-state index is 0.101. The van der Waals surface area contributed by atoms with Crippen LogP contribution < -0.4 is 5.73 Å². The van der Waals surface area contributed by atoms with E-state index in [4.69, 9.17) is 10.7 Å². The molecule has 3 atom stereocenters. The average Bonchev–Trinajstić information content (AvgIpc) is 3.20. The summed E-state index contributed by atoms with van der Waals surface area (Å²) in [5.74, 6) is 0.551. The van der Waals surface area contributed by atoms with Crippen LogP contribution >= 0.6 is 0 Å². The van der Waals surface area contributed by atoms with E-state index in [2.05, 4.69) is 4.98 Å². The number of halogens is 3. The molecular formula is C28H25F3N4O3. The number of anilines is 1. The van der Waals surface area contributed by atoms with Crippen molar-refractivity contribution in [3.63, 3.8) is 0 Å². The SMILES string of the molecule is C[C@@](O)(c1ccc(-c2nc(C3CC4C(C3)C4C(=O)O)n3ccnc(N)c23)cc1)c1cccc(C(F)(F)F)c1. The first kappa shape index (κ1) is 24.4. The molecule has 0 aliphatic heterocycles. The number of nitrogens with two attached hydrogens (primary N) is 1. The Morgan fingerprint density at radius 1 is 1.05 bits per heavy atom. The summed E-state index contributed by atoms with van der Waals surface area (Å²) in [7, 11) is 0. The van der Waals surface area contributed by atoms with Crippen molar-refractivity contribution in [2.45, 2.75) is 37.5 Å². The molecule has 4 aromatic rings. The van der Waals surface area contributed by atoms with E-state index in [1.807, 2.05) is 4.40 Å². The highest BCUT2D eigenvalue weighted by atomic mass is 19.4. The van der Waals surface area contributed by atoms with Crippen molar-refractivity contribution in [2.75, 3.05) is 5.73 Å². The van der Waals surface area contributed by atoms with Crippen molar-refractivity contribution >= 4 is 17.3 Å². The highest BCUT2D eigenvalue weighted by Crippen LogP contribution is 2.62. The number of nitrogens with zero attached hydrogens (tertiary/aromatic N) is 3. The van der Waals surface area contributed by atoms with Crippen LogP contribution in [0.2, 0.25) is 0 Å². The Labute approximate surface area is 215 Å². The number of aliphatic hydroxyl groups is 1. The second-order valence-electron chi connectivity index (χ2n) is 10.4. The third-order valence-corrected chi connectivity index (χ3v) is 8.18. The second kappa shape index (κ2) is 8.29. The van der Waals surface area contributed by atoms with Crippen LogP contribution in [0.25, 0.3) is 16.8 Å². The van der Waals surface area contributed by atoms with Crippen molar-refractivity contribution in [3.05, 3.63) is 83.4 Å². The van der Waals surface area contributed by atoms with E-state index in [1.54, 1.807) is 36.7 Å². The van der Waals surface area contributed by atoms with E-state index < -0.39 is 23.3 Å². The van der Waals surface area contributed by atoms with E-state index in [0.717, 1.165) is 30.8 Å². The van der Waals surface area contributed by atoms with Crippen molar-refractivity contribution < 1.29 is 28.2 Å². The number of alkyl halides is 3. The monoisotopic (exact) mass is 522 g/mol. The van der Waals surface area contributed by atoms with Crippen LogP contribution in [0, 0.1) is 17.8 Å². The van der Waals surface area contributed by atoms with E-state index in [9.17, 15) is 28.2 Å². The molecule has 196 valence electrons. The Hall–Kier alpha value is -3.92. The van der Waals surface area contributed by atoms with E-state index in [0.29, 0.717) is 28.2 Å². The van der Waals surface area contributed by atoms with Gasteiger partial charge in [0.1, 0.15) is 28.5 Å². The van der Waals surface area contributed by atoms with E-state index in [-0.39, 0.29) is 29.2 Å². The van der Waals surface area contributed by atoms with Crippen molar-refractivity contribution in [1.82, 2.24) is 14.4 Å². The number of carbonyl (C=O) groups is 1. The molecule has 2 heterocycles. The Bertz CT molecular complexity index is 1550. The van der Waals surface area contributed by atoms with Crippen LogP contribution in [0.1, 0.15) is 48.2 Å². The van der Waals surface area contributed by atoms with Crippen LogP contribution in [0.3, 0.4) is 0 Å². The molecule has 0 bridgehead atoms. The number of nitrogen functional groups attached to an aromatic ring is 1. The standard InChI is InChI=1S/C28H25F3N4O3/c1-27(38,17-3-2-4-18(13-17)28(29,30)31)16-7-5-14(6-8-16)22-23-24(32)33-9-10-35(23)25(34-22)15-11-19-20(12-15)21(19)26(36)37/h2-10,13,15,19-21,38H,11-12H2,1H3,(H2,32,33)(H,36,37)/t15?,19?,20?,21?,27-/m1/s1. The van der Waals surface area contributed by atoms with Crippen LogP contribution in [-0.4, -0.2) is 30.6 Å². The topological polar surface area (TPSA) is 114 Å². The van der Waals surface area contributed by atoms with Crippen molar-refractivity contribution in [1.29, 1.82) is 0 Å². The molecule has 2 aliphatic carbocycles. The molecule has 2 aromatic carbocycles. The van der Waals surface area contributed by atoms with Gasteiger partial charge < -0.3 is 15.9 Å². The summed E-state index contributed by atoms with van der Waals surface area (Å²) >= 11 is 0. The number of carboxylic acids is 1. The molecule has 2 unspecified atom stereocenters. The second-order valence-corrected chi connectivity index (χ2v) is 10.4. The van der Waals surface area contributed by atoms with Gasteiger partial charge in [-0.15, -0.1) is 0 Å². The number of fused-ring (bicyclic) bond motifs is 2.